The normalized spacial score (nSPS) is 11.8. The quantitative estimate of drug-likeness (QED) is 0.807. The number of nitrogens with zero attached hydrogens (tertiary/aromatic N) is 2. The van der Waals surface area contributed by atoms with Crippen LogP contribution in [0.1, 0.15) is 5.56 Å². The summed E-state index contributed by atoms with van der Waals surface area (Å²) in [5, 5.41) is 3.97. The van der Waals surface area contributed by atoms with Gasteiger partial charge in [0.1, 0.15) is 0 Å². The molecule has 0 aliphatic heterocycles. The Balaban J connectivity index is 2.48. The average molecular weight is 385 g/mol. The van der Waals surface area contributed by atoms with Crippen LogP contribution in [0.3, 0.4) is 0 Å². The first-order valence-electron chi connectivity index (χ1n) is 4.67. The molecule has 1 aromatic heterocycles. The summed E-state index contributed by atoms with van der Waals surface area (Å²) in [6.45, 7) is 0. The predicted octanol–water partition coefficient (Wildman–Crippen LogP) is 4.00. The second kappa shape index (κ2) is 4.58. The molecule has 0 spiro atoms. The van der Waals surface area contributed by atoms with Crippen molar-refractivity contribution in [3.05, 3.63) is 38.9 Å². The van der Waals surface area contributed by atoms with Crippen molar-refractivity contribution in [1.82, 2.24) is 9.78 Å². The molecule has 2 N–H and O–H groups in total. The molecule has 2 aromatic rings. The summed E-state index contributed by atoms with van der Waals surface area (Å²) >= 11 is 6.27. The van der Waals surface area contributed by atoms with Crippen molar-refractivity contribution in [2.45, 2.75) is 6.18 Å². The molecule has 0 bridgehead atoms. The first kappa shape index (κ1) is 13.4. The van der Waals surface area contributed by atoms with Crippen LogP contribution in [-0.2, 0) is 6.18 Å². The van der Waals surface area contributed by atoms with Crippen LogP contribution in [-0.4, -0.2) is 9.78 Å². The zero-order valence-corrected chi connectivity index (χ0v) is 11.8. The molecule has 3 nitrogen and oxygen atoms in total. The predicted molar refractivity (Wildman–Crippen MR) is 68.4 cm³/mol. The van der Waals surface area contributed by atoms with Gasteiger partial charge in [0.2, 0.25) is 0 Å². The van der Waals surface area contributed by atoms with E-state index < -0.39 is 11.7 Å². The van der Waals surface area contributed by atoms with Crippen molar-refractivity contribution in [3.63, 3.8) is 0 Å². The Labute approximate surface area is 117 Å². The number of halogens is 5. The fourth-order valence-corrected chi connectivity index (χ4v) is 2.19. The van der Waals surface area contributed by atoms with Crippen LogP contribution in [0.4, 0.5) is 19.0 Å². The molecule has 0 aliphatic rings. The van der Waals surface area contributed by atoms with Gasteiger partial charge in [0.15, 0.2) is 5.82 Å². The van der Waals surface area contributed by atoms with E-state index in [4.69, 9.17) is 5.73 Å². The van der Waals surface area contributed by atoms with Crippen LogP contribution >= 0.6 is 31.9 Å². The van der Waals surface area contributed by atoms with Gasteiger partial charge in [-0.15, -0.1) is 5.10 Å². The molecule has 0 fully saturated rings. The Hall–Kier alpha value is -1.02. The second-order valence-electron chi connectivity index (χ2n) is 3.47. The Morgan fingerprint density at radius 2 is 1.83 bits per heavy atom. The van der Waals surface area contributed by atoms with Gasteiger partial charge in [-0.3, -0.25) is 0 Å². The van der Waals surface area contributed by atoms with Gasteiger partial charge in [-0.1, -0.05) is 0 Å². The molecule has 8 heteroatoms. The standard InChI is InChI=1S/C10H6Br2F3N3/c11-6-3-5(10(13,14)15)1-2-8(6)18-4-7(12)9(16)17-18/h1-4H,(H2,16,17). The van der Waals surface area contributed by atoms with Crippen LogP contribution in [0.15, 0.2) is 33.3 Å². The van der Waals surface area contributed by atoms with Crippen molar-refractivity contribution in [2.24, 2.45) is 0 Å². The monoisotopic (exact) mass is 383 g/mol. The molecule has 0 atom stereocenters. The lowest BCUT2D eigenvalue weighted by Crippen LogP contribution is -2.06. The van der Waals surface area contributed by atoms with Crippen molar-refractivity contribution in [2.75, 3.05) is 5.73 Å². The smallest absolute Gasteiger partial charge is 0.381 e. The summed E-state index contributed by atoms with van der Waals surface area (Å²) in [5.41, 5.74) is 5.30. The summed E-state index contributed by atoms with van der Waals surface area (Å²) in [5.74, 6) is 0.266. The lowest BCUT2D eigenvalue weighted by Gasteiger charge is -2.09. The Morgan fingerprint density at radius 3 is 2.28 bits per heavy atom. The lowest BCUT2D eigenvalue weighted by molar-refractivity contribution is -0.137. The molecule has 0 saturated heterocycles. The van der Waals surface area contributed by atoms with E-state index in [9.17, 15) is 13.2 Å². The van der Waals surface area contributed by atoms with Crippen molar-refractivity contribution >= 4 is 37.7 Å². The molecular formula is C10H6Br2F3N3. The number of benzene rings is 1. The molecule has 0 unspecified atom stereocenters. The molecule has 0 amide bonds. The van der Waals surface area contributed by atoms with E-state index in [-0.39, 0.29) is 10.3 Å². The minimum absolute atomic E-state index is 0.266. The van der Waals surface area contributed by atoms with Gasteiger partial charge in [-0.25, -0.2) is 4.68 Å². The third-order valence-electron chi connectivity index (χ3n) is 2.22. The SMILES string of the molecule is Nc1nn(-c2ccc(C(F)(F)F)cc2Br)cc1Br. The van der Waals surface area contributed by atoms with Gasteiger partial charge in [0.25, 0.3) is 0 Å². The number of rotatable bonds is 1. The molecular weight excluding hydrogens is 379 g/mol. The highest BCUT2D eigenvalue weighted by molar-refractivity contribution is 9.11. The molecule has 0 radical (unpaired) electrons. The summed E-state index contributed by atoms with van der Waals surface area (Å²) in [7, 11) is 0. The number of nitrogens with two attached hydrogens (primary N) is 1. The van der Waals surface area contributed by atoms with E-state index in [1.54, 1.807) is 6.20 Å². The molecule has 0 saturated carbocycles. The summed E-state index contributed by atoms with van der Waals surface area (Å²) in [6, 6.07) is 3.32. The zero-order chi connectivity index (χ0) is 13.5. The van der Waals surface area contributed by atoms with Gasteiger partial charge in [-0.05, 0) is 50.1 Å². The first-order chi connectivity index (χ1) is 8.29. The van der Waals surface area contributed by atoms with E-state index >= 15 is 0 Å². The van der Waals surface area contributed by atoms with Crippen LogP contribution in [0, 0.1) is 0 Å². The maximum atomic E-state index is 12.5. The van der Waals surface area contributed by atoms with Gasteiger partial charge < -0.3 is 5.73 Å². The first-order valence-corrected chi connectivity index (χ1v) is 6.25. The Bertz CT molecular complexity index is 573. The van der Waals surface area contributed by atoms with Crippen molar-refractivity contribution in [1.29, 1.82) is 0 Å². The molecule has 0 aliphatic carbocycles. The van der Waals surface area contributed by atoms with E-state index in [2.05, 4.69) is 37.0 Å². The van der Waals surface area contributed by atoms with Crippen LogP contribution in [0.5, 0.6) is 0 Å². The number of hydrogen-bond donors (Lipinski definition) is 1. The van der Waals surface area contributed by atoms with E-state index in [0.29, 0.717) is 10.2 Å². The number of alkyl halides is 3. The van der Waals surface area contributed by atoms with Gasteiger partial charge in [-0.2, -0.15) is 13.2 Å². The molecule has 1 aromatic carbocycles. The molecule has 2 rings (SSSR count). The Kier molecular flexibility index (Phi) is 3.41. The second-order valence-corrected chi connectivity index (χ2v) is 5.18. The lowest BCUT2D eigenvalue weighted by atomic mass is 10.2. The zero-order valence-electron chi connectivity index (χ0n) is 8.67. The highest BCUT2D eigenvalue weighted by Gasteiger charge is 2.31. The number of hydrogen-bond acceptors (Lipinski definition) is 2. The topological polar surface area (TPSA) is 43.8 Å². The third kappa shape index (κ3) is 2.54. The van der Waals surface area contributed by atoms with Crippen molar-refractivity contribution in [3.8, 4) is 5.69 Å². The number of anilines is 1. The van der Waals surface area contributed by atoms with E-state index in [1.807, 2.05) is 0 Å². The van der Waals surface area contributed by atoms with Gasteiger partial charge in [0, 0.05) is 10.7 Å². The third-order valence-corrected chi connectivity index (χ3v) is 3.46. The van der Waals surface area contributed by atoms with Gasteiger partial charge >= 0.3 is 6.18 Å². The van der Waals surface area contributed by atoms with Crippen LogP contribution in [0.25, 0.3) is 5.69 Å². The van der Waals surface area contributed by atoms with E-state index in [1.165, 1.54) is 10.7 Å². The molecule has 1 heterocycles. The largest absolute Gasteiger partial charge is 0.416 e. The summed E-state index contributed by atoms with van der Waals surface area (Å²) in [4.78, 5) is 0. The highest BCUT2D eigenvalue weighted by atomic mass is 79.9. The fourth-order valence-electron chi connectivity index (χ4n) is 1.36. The molecule has 18 heavy (non-hydrogen) atoms. The fraction of sp³-hybridized carbons (Fsp3) is 0.100. The van der Waals surface area contributed by atoms with Crippen LogP contribution in [0.2, 0.25) is 0 Å². The maximum absolute atomic E-state index is 12.5. The maximum Gasteiger partial charge on any atom is 0.416 e. The van der Waals surface area contributed by atoms with E-state index in [0.717, 1.165) is 12.1 Å². The average Bonchev–Trinajstić information content (AvgIpc) is 2.57. The highest BCUT2D eigenvalue weighted by Crippen LogP contribution is 2.33. The summed E-state index contributed by atoms with van der Waals surface area (Å²) in [6.07, 6.45) is -2.80. The number of nitrogen functional groups attached to an aromatic ring is 1. The van der Waals surface area contributed by atoms with Crippen molar-refractivity contribution < 1.29 is 13.2 Å². The van der Waals surface area contributed by atoms with Crippen LogP contribution < -0.4 is 5.73 Å². The molecule has 96 valence electrons. The minimum atomic E-state index is -4.37. The number of aromatic nitrogens is 2. The summed E-state index contributed by atoms with van der Waals surface area (Å²) < 4.78 is 39.8. The Morgan fingerprint density at radius 1 is 1.17 bits per heavy atom. The minimum Gasteiger partial charge on any atom is -0.381 e. The van der Waals surface area contributed by atoms with Gasteiger partial charge in [0.05, 0.1) is 15.7 Å².